The van der Waals surface area contributed by atoms with Crippen LogP contribution in [0.1, 0.15) is 24.1 Å². The molecule has 0 saturated carbocycles. The van der Waals surface area contributed by atoms with Gasteiger partial charge in [0.1, 0.15) is 5.75 Å². The second-order valence-corrected chi connectivity index (χ2v) is 4.38. The molecule has 0 amide bonds. The lowest BCUT2D eigenvalue weighted by molar-refractivity contribution is 0.281. The van der Waals surface area contributed by atoms with Gasteiger partial charge in [-0.05, 0) is 42.3 Å². The zero-order chi connectivity index (χ0) is 13.8. The van der Waals surface area contributed by atoms with E-state index in [1.54, 1.807) is 43.3 Å². The van der Waals surface area contributed by atoms with Crippen molar-refractivity contribution in [3.8, 4) is 11.5 Å². The van der Waals surface area contributed by atoms with Crippen LogP contribution in [-0.2, 0) is 6.61 Å². The van der Waals surface area contributed by atoms with E-state index in [1.165, 1.54) is 6.07 Å². The van der Waals surface area contributed by atoms with Gasteiger partial charge in [-0.2, -0.15) is 0 Å². The summed E-state index contributed by atoms with van der Waals surface area (Å²) >= 11 is 0. The predicted octanol–water partition coefficient (Wildman–Crippen LogP) is 3.13. The Kier molecular flexibility index (Phi) is 4.14. The molecule has 3 N–H and O–H groups in total. The second-order valence-electron chi connectivity index (χ2n) is 4.38. The van der Waals surface area contributed by atoms with E-state index in [2.05, 4.69) is 0 Å². The molecule has 0 spiro atoms. The lowest BCUT2D eigenvalue weighted by Gasteiger charge is -2.10. The Bertz CT molecular complexity index is 553. The minimum absolute atomic E-state index is 0.0300. The topological polar surface area (TPSA) is 55.5 Å². The first-order chi connectivity index (χ1) is 9.10. The van der Waals surface area contributed by atoms with Crippen LogP contribution in [0.5, 0.6) is 11.5 Å². The molecule has 1 atom stereocenters. The van der Waals surface area contributed by atoms with Gasteiger partial charge < -0.3 is 15.6 Å². The monoisotopic (exact) mass is 261 g/mol. The van der Waals surface area contributed by atoms with Gasteiger partial charge in [-0.25, -0.2) is 4.39 Å². The molecule has 100 valence electrons. The number of aliphatic hydroxyl groups excluding tert-OH is 1. The highest BCUT2D eigenvalue weighted by Crippen LogP contribution is 2.26. The lowest BCUT2D eigenvalue weighted by Crippen LogP contribution is -2.05. The molecule has 0 aliphatic heterocycles. The quantitative estimate of drug-likeness (QED) is 0.889. The highest BCUT2D eigenvalue weighted by atomic mass is 19.1. The van der Waals surface area contributed by atoms with Crippen LogP contribution in [0.4, 0.5) is 4.39 Å². The molecule has 0 radical (unpaired) electrons. The van der Waals surface area contributed by atoms with Crippen molar-refractivity contribution in [2.24, 2.45) is 5.73 Å². The van der Waals surface area contributed by atoms with Gasteiger partial charge in [0, 0.05) is 6.04 Å². The average Bonchev–Trinajstić information content (AvgIpc) is 2.41. The molecule has 2 aromatic carbocycles. The van der Waals surface area contributed by atoms with Crippen LogP contribution in [0.3, 0.4) is 0 Å². The van der Waals surface area contributed by atoms with Crippen LogP contribution in [0.2, 0.25) is 0 Å². The third kappa shape index (κ3) is 3.30. The van der Waals surface area contributed by atoms with Gasteiger partial charge in [0.15, 0.2) is 11.6 Å². The Morgan fingerprint density at radius 2 is 1.89 bits per heavy atom. The number of ether oxygens (including phenoxy) is 1. The lowest BCUT2D eigenvalue weighted by atomic mass is 10.1. The number of halogens is 1. The molecule has 0 heterocycles. The van der Waals surface area contributed by atoms with E-state index in [1.807, 2.05) is 0 Å². The number of rotatable bonds is 4. The summed E-state index contributed by atoms with van der Waals surface area (Å²) in [5, 5.41) is 8.93. The van der Waals surface area contributed by atoms with Crippen LogP contribution in [0, 0.1) is 5.82 Å². The normalized spacial score (nSPS) is 12.2. The number of benzene rings is 2. The summed E-state index contributed by atoms with van der Waals surface area (Å²) in [6.45, 7) is 1.76. The summed E-state index contributed by atoms with van der Waals surface area (Å²) in [6.07, 6.45) is 0. The van der Waals surface area contributed by atoms with Crippen LogP contribution in [0.25, 0.3) is 0 Å². The fraction of sp³-hybridized carbons (Fsp3) is 0.200. The van der Waals surface area contributed by atoms with Gasteiger partial charge in [-0.1, -0.05) is 18.2 Å². The average molecular weight is 261 g/mol. The molecular weight excluding hydrogens is 245 g/mol. The predicted molar refractivity (Wildman–Crippen MR) is 71.4 cm³/mol. The summed E-state index contributed by atoms with van der Waals surface area (Å²) in [4.78, 5) is 0. The van der Waals surface area contributed by atoms with E-state index in [0.717, 1.165) is 11.1 Å². The molecule has 0 aromatic heterocycles. The van der Waals surface area contributed by atoms with Crippen molar-refractivity contribution in [2.75, 3.05) is 0 Å². The molecule has 0 aliphatic carbocycles. The van der Waals surface area contributed by atoms with Crippen molar-refractivity contribution < 1.29 is 14.2 Å². The van der Waals surface area contributed by atoms with Gasteiger partial charge >= 0.3 is 0 Å². The van der Waals surface area contributed by atoms with Gasteiger partial charge in [0.05, 0.1) is 6.61 Å². The van der Waals surface area contributed by atoms with E-state index in [9.17, 15) is 4.39 Å². The van der Waals surface area contributed by atoms with Crippen LogP contribution in [0.15, 0.2) is 42.5 Å². The Balaban J connectivity index is 2.18. The van der Waals surface area contributed by atoms with E-state index < -0.39 is 5.82 Å². The minimum Gasteiger partial charge on any atom is -0.454 e. The fourth-order valence-corrected chi connectivity index (χ4v) is 1.67. The van der Waals surface area contributed by atoms with Crippen LogP contribution >= 0.6 is 0 Å². The first-order valence-electron chi connectivity index (χ1n) is 6.03. The third-order valence-corrected chi connectivity index (χ3v) is 2.82. The number of aliphatic hydroxyl groups is 1. The molecular formula is C15H16FNO2. The molecule has 0 saturated heterocycles. The summed E-state index contributed by atoms with van der Waals surface area (Å²) in [5.41, 5.74) is 7.19. The highest BCUT2D eigenvalue weighted by Gasteiger charge is 2.08. The van der Waals surface area contributed by atoms with Crippen LogP contribution in [-0.4, -0.2) is 5.11 Å². The molecule has 0 fully saturated rings. The maximum absolute atomic E-state index is 13.8. The van der Waals surface area contributed by atoms with E-state index in [4.69, 9.17) is 15.6 Å². The first kappa shape index (κ1) is 13.5. The van der Waals surface area contributed by atoms with Crippen molar-refractivity contribution in [3.63, 3.8) is 0 Å². The summed E-state index contributed by atoms with van der Waals surface area (Å²) < 4.78 is 19.3. The van der Waals surface area contributed by atoms with E-state index in [-0.39, 0.29) is 18.4 Å². The Morgan fingerprint density at radius 1 is 1.21 bits per heavy atom. The summed E-state index contributed by atoms with van der Waals surface area (Å²) in [7, 11) is 0. The molecule has 19 heavy (non-hydrogen) atoms. The number of nitrogens with two attached hydrogens (primary N) is 1. The summed E-state index contributed by atoms with van der Waals surface area (Å²) in [5.74, 6) is 0.229. The minimum atomic E-state index is -0.443. The van der Waals surface area contributed by atoms with Crippen molar-refractivity contribution >= 4 is 0 Å². The first-order valence-corrected chi connectivity index (χ1v) is 6.03. The fourth-order valence-electron chi connectivity index (χ4n) is 1.67. The Morgan fingerprint density at radius 3 is 2.42 bits per heavy atom. The van der Waals surface area contributed by atoms with E-state index >= 15 is 0 Å². The van der Waals surface area contributed by atoms with Crippen LogP contribution < -0.4 is 10.5 Å². The van der Waals surface area contributed by atoms with Gasteiger partial charge in [-0.3, -0.25) is 0 Å². The smallest absolute Gasteiger partial charge is 0.166 e. The zero-order valence-electron chi connectivity index (χ0n) is 10.6. The van der Waals surface area contributed by atoms with Crippen molar-refractivity contribution in [2.45, 2.75) is 19.6 Å². The molecule has 0 bridgehead atoms. The summed E-state index contributed by atoms with van der Waals surface area (Å²) in [6, 6.07) is 11.3. The standard InChI is InChI=1S/C15H16FNO2/c1-10(17)12-4-7-15(14(16)8-12)19-13-5-2-11(9-18)3-6-13/h2-8,10,18H,9,17H2,1H3/t10-/m1/s1. The SMILES string of the molecule is C[C@@H](N)c1ccc(Oc2ccc(CO)cc2)c(F)c1. The second kappa shape index (κ2) is 5.82. The number of hydrogen-bond acceptors (Lipinski definition) is 3. The zero-order valence-corrected chi connectivity index (χ0v) is 10.6. The molecule has 0 aliphatic rings. The Hall–Kier alpha value is -1.91. The molecule has 2 aromatic rings. The van der Waals surface area contributed by atoms with Crippen molar-refractivity contribution in [1.82, 2.24) is 0 Å². The maximum atomic E-state index is 13.8. The van der Waals surface area contributed by atoms with E-state index in [0.29, 0.717) is 5.75 Å². The van der Waals surface area contributed by atoms with Gasteiger partial charge in [-0.15, -0.1) is 0 Å². The van der Waals surface area contributed by atoms with Crippen molar-refractivity contribution in [3.05, 3.63) is 59.4 Å². The largest absolute Gasteiger partial charge is 0.454 e. The molecule has 0 unspecified atom stereocenters. The third-order valence-electron chi connectivity index (χ3n) is 2.82. The molecule has 3 nitrogen and oxygen atoms in total. The van der Waals surface area contributed by atoms with Gasteiger partial charge in [0.2, 0.25) is 0 Å². The van der Waals surface area contributed by atoms with Gasteiger partial charge in [0.25, 0.3) is 0 Å². The Labute approximate surface area is 111 Å². The highest BCUT2D eigenvalue weighted by molar-refractivity contribution is 5.36. The molecule has 2 rings (SSSR count). The molecule has 4 heteroatoms. The van der Waals surface area contributed by atoms with Crippen molar-refractivity contribution in [1.29, 1.82) is 0 Å². The number of hydrogen-bond donors (Lipinski definition) is 2. The maximum Gasteiger partial charge on any atom is 0.166 e.